The highest BCUT2D eigenvalue weighted by Crippen LogP contribution is 2.26. The molecule has 8 heteroatoms. The molecule has 0 aliphatic carbocycles. The van der Waals surface area contributed by atoms with Crippen molar-refractivity contribution in [1.29, 1.82) is 0 Å². The molecule has 0 aliphatic rings. The van der Waals surface area contributed by atoms with Gasteiger partial charge >= 0.3 is 5.97 Å². The Morgan fingerprint density at radius 3 is 2.24 bits per heavy atom. The molecule has 4 aromatic rings. The Morgan fingerprint density at radius 2 is 1.61 bits per heavy atom. The van der Waals surface area contributed by atoms with Gasteiger partial charge in [-0.05, 0) is 79.3 Å². The Morgan fingerprint density at radius 1 is 0.895 bits per heavy atom. The van der Waals surface area contributed by atoms with Crippen molar-refractivity contribution in [3.63, 3.8) is 0 Å². The number of sulfonamides is 1. The first kappa shape index (κ1) is 27.0. The van der Waals surface area contributed by atoms with Crippen LogP contribution in [0.1, 0.15) is 22.3 Å². The van der Waals surface area contributed by atoms with Crippen molar-refractivity contribution < 1.29 is 17.9 Å². The summed E-state index contributed by atoms with van der Waals surface area (Å²) in [5.74, 6) is 0.112. The van der Waals surface area contributed by atoms with Gasteiger partial charge in [-0.1, -0.05) is 60.2 Å². The molecule has 7 nitrogen and oxygen atoms in total. The van der Waals surface area contributed by atoms with Crippen molar-refractivity contribution in [2.45, 2.75) is 38.1 Å². The number of hydrogen-bond donors (Lipinski definition) is 2. The van der Waals surface area contributed by atoms with Gasteiger partial charge in [0, 0.05) is 11.9 Å². The van der Waals surface area contributed by atoms with Crippen LogP contribution in [0.15, 0.2) is 90.0 Å². The second-order valence-electron chi connectivity index (χ2n) is 9.25. The number of carbonyl (C=O) groups excluding carboxylic acids is 1. The van der Waals surface area contributed by atoms with Gasteiger partial charge in [-0.3, -0.25) is 4.79 Å². The molecule has 1 unspecified atom stereocenters. The molecule has 1 heterocycles. The minimum absolute atomic E-state index is 0.150. The van der Waals surface area contributed by atoms with Crippen LogP contribution < -0.4 is 10.0 Å². The van der Waals surface area contributed by atoms with Gasteiger partial charge in [0.2, 0.25) is 10.0 Å². The van der Waals surface area contributed by atoms with Crippen LogP contribution in [0.5, 0.6) is 0 Å². The fraction of sp³-hybridized carbons (Fsp3) is 0.200. The highest BCUT2D eigenvalue weighted by Gasteiger charge is 2.29. The maximum atomic E-state index is 13.3. The Labute approximate surface area is 224 Å². The Bertz CT molecular complexity index is 1510. The van der Waals surface area contributed by atoms with Gasteiger partial charge in [0.05, 0.1) is 12.0 Å². The summed E-state index contributed by atoms with van der Waals surface area (Å²) in [6.07, 6.45) is 1.88. The van der Waals surface area contributed by atoms with E-state index in [4.69, 9.17) is 4.74 Å². The zero-order chi connectivity index (χ0) is 27.3. The molecule has 3 aromatic carbocycles. The number of nitrogens with one attached hydrogen (secondary N) is 2. The quantitative estimate of drug-likeness (QED) is 0.279. The van der Waals surface area contributed by atoms with Crippen molar-refractivity contribution in [2.75, 3.05) is 12.4 Å². The monoisotopic (exact) mass is 529 g/mol. The van der Waals surface area contributed by atoms with Crippen LogP contribution in [0.4, 0.5) is 11.5 Å². The lowest BCUT2D eigenvalue weighted by atomic mass is 10.0. The zero-order valence-corrected chi connectivity index (χ0v) is 22.7. The van der Waals surface area contributed by atoms with E-state index >= 15 is 0 Å². The van der Waals surface area contributed by atoms with E-state index in [1.807, 2.05) is 85.8 Å². The summed E-state index contributed by atoms with van der Waals surface area (Å²) >= 11 is 0. The topological polar surface area (TPSA) is 97.4 Å². The zero-order valence-electron chi connectivity index (χ0n) is 21.9. The summed E-state index contributed by atoms with van der Waals surface area (Å²) < 4.78 is 34.1. The van der Waals surface area contributed by atoms with Gasteiger partial charge in [-0.2, -0.15) is 4.72 Å². The third-order valence-electron chi connectivity index (χ3n) is 6.18. The van der Waals surface area contributed by atoms with E-state index in [-0.39, 0.29) is 11.3 Å². The summed E-state index contributed by atoms with van der Waals surface area (Å²) in [6.45, 7) is 5.42. The number of methoxy groups -OCH3 is 1. The van der Waals surface area contributed by atoms with E-state index in [0.29, 0.717) is 11.1 Å². The van der Waals surface area contributed by atoms with Crippen LogP contribution in [0.2, 0.25) is 0 Å². The number of pyridine rings is 1. The number of carbonyl (C=O) groups is 1. The van der Waals surface area contributed by atoms with E-state index in [1.165, 1.54) is 7.11 Å². The number of nitrogens with zero attached hydrogens (tertiary/aromatic N) is 1. The van der Waals surface area contributed by atoms with Crippen molar-refractivity contribution in [2.24, 2.45) is 0 Å². The second-order valence-corrected chi connectivity index (χ2v) is 10.9. The molecule has 1 atom stereocenters. The number of aryl methyl sites for hydroxylation is 3. The van der Waals surface area contributed by atoms with E-state index in [9.17, 15) is 13.2 Å². The molecule has 38 heavy (non-hydrogen) atoms. The molecule has 0 amide bonds. The molecule has 0 saturated heterocycles. The van der Waals surface area contributed by atoms with E-state index < -0.39 is 22.0 Å². The van der Waals surface area contributed by atoms with Gasteiger partial charge in [-0.25, -0.2) is 13.4 Å². The Hall–Kier alpha value is -4.01. The van der Waals surface area contributed by atoms with Gasteiger partial charge < -0.3 is 10.1 Å². The first-order chi connectivity index (χ1) is 18.2. The van der Waals surface area contributed by atoms with E-state index in [1.54, 1.807) is 20.0 Å². The van der Waals surface area contributed by atoms with Crippen molar-refractivity contribution >= 4 is 27.5 Å². The number of ether oxygens (including phenoxy) is 1. The summed E-state index contributed by atoms with van der Waals surface area (Å²) in [5.41, 5.74) is 5.93. The molecule has 0 radical (unpaired) electrons. The third-order valence-corrected chi connectivity index (χ3v) is 7.96. The number of benzene rings is 3. The van der Waals surface area contributed by atoms with Gasteiger partial charge in [0.25, 0.3) is 0 Å². The maximum absolute atomic E-state index is 13.3. The molecule has 0 aliphatic heterocycles. The lowest BCUT2D eigenvalue weighted by molar-refractivity contribution is -0.142. The fourth-order valence-electron chi connectivity index (χ4n) is 4.58. The number of hydrogen-bond acceptors (Lipinski definition) is 6. The molecule has 196 valence electrons. The number of esters is 1. The highest BCUT2D eigenvalue weighted by atomic mass is 32.2. The normalized spacial score (nSPS) is 12.1. The minimum Gasteiger partial charge on any atom is -0.468 e. The van der Waals surface area contributed by atoms with Crippen molar-refractivity contribution in [1.82, 2.24) is 9.71 Å². The standard InChI is InChI=1S/C30H31N3O4S/c1-20-16-21(2)29(22(3)17-20)38(35,36)33-27(30(34)37-4)18-23-11-13-24(14-12-23)25-8-7-9-26(19-25)32-28-10-5-6-15-31-28/h5-17,19,27,33H,18H2,1-4H3,(H,31,32). The molecule has 1 aromatic heterocycles. The fourth-order valence-corrected chi connectivity index (χ4v) is 6.22. The number of anilines is 2. The molecule has 0 saturated carbocycles. The first-order valence-electron chi connectivity index (χ1n) is 12.2. The van der Waals surface area contributed by atoms with Crippen LogP contribution in [0.25, 0.3) is 11.1 Å². The summed E-state index contributed by atoms with van der Waals surface area (Å²) in [5, 5.41) is 3.29. The van der Waals surface area contributed by atoms with Crippen molar-refractivity contribution in [3.8, 4) is 11.1 Å². The molecule has 2 N–H and O–H groups in total. The lowest BCUT2D eigenvalue weighted by Gasteiger charge is -2.19. The number of aromatic nitrogens is 1. The van der Waals surface area contributed by atoms with Gasteiger partial charge in [0.15, 0.2) is 0 Å². The lowest BCUT2D eigenvalue weighted by Crippen LogP contribution is -2.43. The molecule has 4 rings (SSSR count). The van der Waals surface area contributed by atoms with Crippen LogP contribution >= 0.6 is 0 Å². The Kier molecular flexibility index (Phi) is 8.24. The first-order valence-corrected chi connectivity index (χ1v) is 13.7. The van der Waals surface area contributed by atoms with Gasteiger partial charge in [0.1, 0.15) is 11.9 Å². The highest BCUT2D eigenvalue weighted by molar-refractivity contribution is 7.89. The maximum Gasteiger partial charge on any atom is 0.324 e. The Balaban J connectivity index is 1.53. The largest absolute Gasteiger partial charge is 0.468 e. The van der Waals surface area contributed by atoms with Crippen LogP contribution in [0, 0.1) is 20.8 Å². The average molecular weight is 530 g/mol. The van der Waals surface area contributed by atoms with E-state index in [2.05, 4.69) is 15.0 Å². The number of rotatable bonds is 9. The third kappa shape index (κ3) is 6.45. The van der Waals surface area contributed by atoms with Crippen molar-refractivity contribution in [3.05, 3.63) is 107 Å². The molecule has 0 spiro atoms. The minimum atomic E-state index is -3.96. The smallest absolute Gasteiger partial charge is 0.324 e. The predicted molar refractivity (Wildman–Crippen MR) is 150 cm³/mol. The summed E-state index contributed by atoms with van der Waals surface area (Å²) in [6, 6.07) is 23.9. The average Bonchev–Trinajstić information content (AvgIpc) is 2.88. The second kappa shape index (κ2) is 11.6. The molecular formula is C30H31N3O4S. The SMILES string of the molecule is COC(=O)C(Cc1ccc(-c2cccc(Nc3ccccn3)c2)cc1)NS(=O)(=O)c1c(C)cc(C)cc1C. The van der Waals surface area contributed by atoms with Crippen LogP contribution in [0.3, 0.4) is 0 Å². The summed E-state index contributed by atoms with van der Waals surface area (Å²) in [7, 11) is -2.71. The van der Waals surface area contributed by atoms with Crippen LogP contribution in [-0.4, -0.2) is 32.5 Å². The van der Waals surface area contributed by atoms with Crippen LogP contribution in [-0.2, 0) is 26.0 Å². The van der Waals surface area contributed by atoms with Gasteiger partial charge in [-0.15, -0.1) is 0 Å². The molecule has 0 bridgehead atoms. The molecular weight excluding hydrogens is 498 g/mol. The molecule has 0 fully saturated rings. The summed E-state index contributed by atoms with van der Waals surface area (Å²) in [4.78, 5) is 17.0. The van der Waals surface area contributed by atoms with E-state index in [0.717, 1.165) is 33.8 Å². The predicted octanol–water partition coefficient (Wildman–Crippen LogP) is 5.48.